The van der Waals surface area contributed by atoms with Crippen LogP contribution < -0.4 is 5.73 Å². The molecule has 2 heterocycles. The predicted molar refractivity (Wildman–Crippen MR) is 71.3 cm³/mol. The van der Waals surface area contributed by atoms with Crippen LogP contribution in [-0.2, 0) is 5.75 Å². The van der Waals surface area contributed by atoms with Crippen molar-refractivity contribution in [2.45, 2.75) is 17.8 Å². The fourth-order valence-corrected chi connectivity index (χ4v) is 2.57. The average molecular weight is 260 g/mol. The molecule has 0 aliphatic heterocycles. The maximum atomic E-state index is 5.73. The van der Waals surface area contributed by atoms with Crippen LogP contribution in [0.4, 0.5) is 5.69 Å². The van der Waals surface area contributed by atoms with Crippen molar-refractivity contribution in [2.24, 2.45) is 0 Å². The number of nitrogens with zero attached hydrogens (tertiary/aromatic N) is 2. The SMILES string of the molecule is Cc1ocnc1CSc1nc2ccc(N)cc2[nH]1. The molecule has 0 aliphatic carbocycles. The molecule has 0 saturated heterocycles. The molecule has 3 rings (SSSR count). The molecule has 0 saturated carbocycles. The van der Waals surface area contributed by atoms with Crippen LogP contribution in [0.1, 0.15) is 11.5 Å². The molecule has 2 aromatic heterocycles. The zero-order chi connectivity index (χ0) is 12.5. The number of oxazole rings is 1. The Hall–Kier alpha value is -1.95. The first-order valence-corrected chi connectivity index (χ1v) is 6.48. The van der Waals surface area contributed by atoms with Crippen molar-refractivity contribution in [3.63, 3.8) is 0 Å². The normalized spacial score (nSPS) is 11.2. The Morgan fingerprint density at radius 2 is 2.33 bits per heavy atom. The number of nitrogen functional groups attached to an aromatic ring is 1. The number of nitrogens with one attached hydrogen (secondary N) is 1. The van der Waals surface area contributed by atoms with E-state index in [-0.39, 0.29) is 0 Å². The number of anilines is 1. The Morgan fingerprint density at radius 1 is 1.44 bits per heavy atom. The summed E-state index contributed by atoms with van der Waals surface area (Å²) in [6.07, 6.45) is 1.46. The molecule has 0 unspecified atom stereocenters. The predicted octanol–water partition coefficient (Wildman–Crippen LogP) is 2.73. The van der Waals surface area contributed by atoms with Gasteiger partial charge in [0.25, 0.3) is 0 Å². The summed E-state index contributed by atoms with van der Waals surface area (Å²) in [4.78, 5) is 11.9. The molecule has 1 aromatic carbocycles. The molecule has 0 bridgehead atoms. The molecule has 18 heavy (non-hydrogen) atoms. The minimum Gasteiger partial charge on any atom is -0.448 e. The Morgan fingerprint density at radius 3 is 3.11 bits per heavy atom. The molecule has 3 aromatic rings. The zero-order valence-corrected chi connectivity index (χ0v) is 10.6. The summed E-state index contributed by atoms with van der Waals surface area (Å²) in [7, 11) is 0. The lowest BCUT2D eigenvalue weighted by atomic mass is 10.3. The van der Waals surface area contributed by atoms with E-state index < -0.39 is 0 Å². The van der Waals surface area contributed by atoms with Gasteiger partial charge in [0, 0.05) is 11.4 Å². The zero-order valence-electron chi connectivity index (χ0n) is 9.80. The number of rotatable bonds is 3. The standard InChI is InChI=1S/C12H12N4OS/c1-7-11(14-6-17-7)5-18-12-15-9-3-2-8(13)4-10(9)16-12/h2-4,6H,5,13H2,1H3,(H,15,16). The second-order valence-corrected chi connectivity index (χ2v) is 4.93. The highest BCUT2D eigenvalue weighted by atomic mass is 32.2. The van der Waals surface area contributed by atoms with Crippen LogP contribution in [0.5, 0.6) is 0 Å². The van der Waals surface area contributed by atoms with Gasteiger partial charge in [0.15, 0.2) is 11.6 Å². The maximum absolute atomic E-state index is 5.73. The van der Waals surface area contributed by atoms with Crippen LogP contribution in [0.25, 0.3) is 11.0 Å². The highest BCUT2D eigenvalue weighted by Crippen LogP contribution is 2.24. The first-order valence-electron chi connectivity index (χ1n) is 5.49. The summed E-state index contributed by atoms with van der Waals surface area (Å²) in [5, 5.41) is 0.859. The van der Waals surface area contributed by atoms with Crippen molar-refractivity contribution in [2.75, 3.05) is 5.73 Å². The Kier molecular flexibility index (Phi) is 2.71. The van der Waals surface area contributed by atoms with E-state index >= 15 is 0 Å². The summed E-state index contributed by atoms with van der Waals surface area (Å²) < 4.78 is 5.16. The van der Waals surface area contributed by atoms with Gasteiger partial charge in [-0.3, -0.25) is 0 Å². The molecular weight excluding hydrogens is 248 g/mol. The molecule has 0 spiro atoms. The van der Waals surface area contributed by atoms with Crippen LogP contribution in [0, 0.1) is 6.92 Å². The third kappa shape index (κ3) is 2.06. The van der Waals surface area contributed by atoms with Crippen molar-refractivity contribution < 1.29 is 4.42 Å². The number of benzene rings is 1. The third-order valence-electron chi connectivity index (χ3n) is 2.67. The van der Waals surface area contributed by atoms with E-state index in [0.717, 1.165) is 39.1 Å². The van der Waals surface area contributed by atoms with Gasteiger partial charge in [-0.2, -0.15) is 0 Å². The minimum atomic E-state index is 0.732. The lowest BCUT2D eigenvalue weighted by molar-refractivity contribution is 0.525. The molecule has 6 heteroatoms. The topological polar surface area (TPSA) is 80.7 Å². The Balaban J connectivity index is 1.81. The Bertz CT molecular complexity index is 688. The van der Waals surface area contributed by atoms with Crippen molar-refractivity contribution in [3.05, 3.63) is 36.0 Å². The number of nitrogens with two attached hydrogens (primary N) is 1. The van der Waals surface area contributed by atoms with Crippen LogP contribution in [0.3, 0.4) is 0 Å². The number of hydrogen-bond donors (Lipinski definition) is 2. The number of hydrogen-bond acceptors (Lipinski definition) is 5. The van der Waals surface area contributed by atoms with Gasteiger partial charge in [-0.05, 0) is 25.1 Å². The number of aromatic nitrogens is 3. The highest BCUT2D eigenvalue weighted by molar-refractivity contribution is 7.98. The average Bonchev–Trinajstić information content (AvgIpc) is 2.92. The number of imidazole rings is 1. The Labute approximate surface area is 108 Å². The first kappa shape index (κ1) is 11.2. The van der Waals surface area contributed by atoms with Gasteiger partial charge in [0.1, 0.15) is 5.76 Å². The first-order chi connectivity index (χ1) is 8.72. The molecule has 0 fully saturated rings. The monoisotopic (exact) mass is 260 g/mol. The lowest BCUT2D eigenvalue weighted by Gasteiger charge is -1.94. The number of fused-ring (bicyclic) bond motifs is 1. The minimum absolute atomic E-state index is 0.732. The van der Waals surface area contributed by atoms with Gasteiger partial charge < -0.3 is 15.1 Å². The number of thioether (sulfide) groups is 1. The summed E-state index contributed by atoms with van der Waals surface area (Å²) in [5.74, 6) is 1.58. The van der Waals surface area contributed by atoms with Crippen molar-refractivity contribution in [3.8, 4) is 0 Å². The summed E-state index contributed by atoms with van der Waals surface area (Å²) in [6, 6.07) is 5.64. The second kappa shape index (κ2) is 4.38. The molecule has 3 N–H and O–H groups in total. The van der Waals surface area contributed by atoms with E-state index in [1.165, 1.54) is 6.39 Å². The van der Waals surface area contributed by atoms with Crippen molar-refractivity contribution >= 4 is 28.5 Å². The molecule has 0 aliphatic rings. The van der Waals surface area contributed by atoms with Gasteiger partial charge in [0.2, 0.25) is 0 Å². The summed E-state index contributed by atoms with van der Waals surface area (Å²) in [6.45, 7) is 1.90. The van der Waals surface area contributed by atoms with Crippen molar-refractivity contribution in [1.82, 2.24) is 15.0 Å². The molecule has 0 radical (unpaired) electrons. The summed E-state index contributed by atoms with van der Waals surface area (Å²) in [5.41, 5.74) is 9.28. The maximum Gasteiger partial charge on any atom is 0.181 e. The molecular formula is C12H12N4OS. The van der Waals surface area contributed by atoms with Crippen LogP contribution in [0.15, 0.2) is 34.2 Å². The van der Waals surface area contributed by atoms with E-state index in [4.69, 9.17) is 10.2 Å². The van der Waals surface area contributed by atoms with E-state index in [2.05, 4.69) is 15.0 Å². The number of aromatic amines is 1. The fraction of sp³-hybridized carbons (Fsp3) is 0.167. The van der Waals surface area contributed by atoms with Gasteiger partial charge in [0.05, 0.1) is 16.7 Å². The van der Waals surface area contributed by atoms with Gasteiger partial charge in [-0.15, -0.1) is 0 Å². The summed E-state index contributed by atoms with van der Waals surface area (Å²) >= 11 is 1.59. The van der Waals surface area contributed by atoms with Gasteiger partial charge in [-0.25, -0.2) is 9.97 Å². The fourth-order valence-electron chi connectivity index (χ4n) is 1.68. The van der Waals surface area contributed by atoms with E-state index in [1.54, 1.807) is 11.8 Å². The molecule has 5 nitrogen and oxygen atoms in total. The molecule has 0 atom stereocenters. The lowest BCUT2D eigenvalue weighted by Crippen LogP contribution is -1.84. The van der Waals surface area contributed by atoms with E-state index in [9.17, 15) is 0 Å². The van der Waals surface area contributed by atoms with Crippen LogP contribution in [-0.4, -0.2) is 15.0 Å². The third-order valence-corrected chi connectivity index (χ3v) is 3.56. The highest BCUT2D eigenvalue weighted by Gasteiger charge is 2.07. The van der Waals surface area contributed by atoms with Gasteiger partial charge in [-0.1, -0.05) is 11.8 Å². The quantitative estimate of drug-likeness (QED) is 0.559. The second-order valence-electron chi connectivity index (χ2n) is 3.96. The smallest absolute Gasteiger partial charge is 0.181 e. The van der Waals surface area contributed by atoms with Gasteiger partial charge >= 0.3 is 0 Å². The van der Waals surface area contributed by atoms with Crippen molar-refractivity contribution in [1.29, 1.82) is 0 Å². The number of aryl methyl sites for hydroxylation is 1. The van der Waals surface area contributed by atoms with E-state index in [1.807, 2.05) is 25.1 Å². The van der Waals surface area contributed by atoms with E-state index in [0.29, 0.717) is 0 Å². The largest absolute Gasteiger partial charge is 0.448 e. The van der Waals surface area contributed by atoms with Crippen LogP contribution >= 0.6 is 11.8 Å². The molecule has 92 valence electrons. The number of H-pyrrole nitrogens is 1. The molecule has 0 amide bonds. The van der Waals surface area contributed by atoms with Crippen LogP contribution in [0.2, 0.25) is 0 Å².